The van der Waals surface area contributed by atoms with E-state index in [-0.39, 0.29) is 18.0 Å². The fourth-order valence-corrected chi connectivity index (χ4v) is 4.64. The lowest BCUT2D eigenvalue weighted by Crippen LogP contribution is -2.47. The molecule has 31 heavy (non-hydrogen) atoms. The predicted octanol–water partition coefficient (Wildman–Crippen LogP) is 3.00. The predicted molar refractivity (Wildman–Crippen MR) is 126 cm³/mol. The Morgan fingerprint density at radius 1 is 1.35 bits per heavy atom. The van der Waals surface area contributed by atoms with Crippen LogP contribution < -0.4 is 16.4 Å². The monoisotopic (exact) mass is 464 g/mol. The van der Waals surface area contributed by atoms with Gasteiger partial charge < -0.3 is 16.4 Å². The van der Waals surface area contributed by atoms with Gasteiger partial charge in [0.1, 0.15) is 11.1 Å². The number of nitrogens with two attached hydrogens (primary N) is 1. The Labute approximate surface area is 188 Å². The standard InChI is InChI=1S/C22H32N4O3S2/c1-13-7-18(13)11-24-21-10-17(9-20(25-21)15(3)31(4,28)29)22(27)26-19(14(2)23)8-16-5-6-30-12-16/h5-6,9-10,12-15,18-19H,7-8,11,23H2,1-4H3,(H,24,25)(H,26,27)/t13?,14-,15?,18?,19-/m0/s1. The van der Waals surface area contributed by atoms with Crippen molar-refractivity contribution in [1.82, 2.24) is 10.3 Å². The number of hydrogen-bond acceptors (Lipinski definition) is 7. The smallest absolute Gasteiger partial charge is 0.251 e. The molecule has 3 rings (SSSR count). The maximum absolute atomic E-state index is 13.1. The van der Waals surface area contributed by atoms with Gasteiger partial charge >= 0.3 is 0 Å². The van der Waals surface area contributed by atoms with E-state index < -0.39 is 15.1 Å². The Morgan fingerprint density at radius 2 is 2.06 bits per heavy atom. The number of sulfone groups is 1. The van der Waals surface area contributed by atoms with Crippen LogP contribution in [0.5, 0.6) is 0 Å². The molecule has 1 aliphatic rings. The first-order chi connectivity index (χ1) is 14.5. The van der Waals surface area contributed by atoms with Gasteiger partial charge in [0.2, 0.25) is 0 Å². The summed E-state index contributed by atoms with van der Waals surface area (Å²) in [5.74, 6) is 1.50. The molecular formula is C22H32N4O3S2. The molecule has 9 heteroatoms. The van der Waals surface area contributed by atoms with Crippen molar-refractivity contribution in [3.63, 3.8) is 0 Å². The molecule has 7 nitrogen and oxygen atoms in total. The molecular weight excluding hydrogens is 432 g/mol. The van der Waals surface area contributed by atoms with E-state index in [4.69, 9.17) is 5.73 Å². The molecule has 1 saturated carbocycles. The average molecular weight is 465 g/mol. The third-order valence-corrected chi connectivity index (χ3v) is 8.23. The third kappa shape index (κ3) is 6.51. The summed E-state index contributed by atoms with van der Waals surface area (Å²) in [5, 5.41) is 9.53. The van der Waals surface area contributed by atoms with E-state index >= 15 is 0 Å². The van der Waals surface area contributed by atoms with E-state index in [9.17, 15) is 13.2 Å². The Balaban J connectivity index is 1.83. The molecule has 0 spiro atoms. The topological polar surface area (TPSA) is 114 Å². The number of carbonyl (C=O) groups excluding carboxylic acids is 1. The second-order valence-corrected chi connectivity index (χ2v) is 11.9. The summed E-state index contributed by atoms with van der Waals surface area (Å²) in [5.41, 5.74) is 7.99. The third-order valence-electron chi connectivity index (χ3n) is 5.97. The highest BCUT2D eigenvalue weighted by molar-refractivity contribution is 7.90. The van der Waals surface area contributed by atoms with E-state index in [0.29, 0.717) is 35.3 Å². The van der Waals surface area contributed by atoms with Crippen LogP contribution in [0.3, 0.4) is 0 Å². The van der Waals surface area contributed by atoms with Gasteiger partial charge in [-0.2, -0.15) is 11.3 Å². The van der Waals surface area contributed by atoms with Gasteiger partial charge in [0.05, 0.1) is 5.69 Å². The molecule has 1 fully saturated rings. The minimum Gasteiger partial charge on any atom is -0.370 e. The van der Waals surface area contributed by atoms with Crippen molar-refractivity contribution in [2.75, 3.05) is 18.1 Å². The highest BCUT2D eigenvalue weighted by Crippen LogP contribution is 2.37. The Hall–Kier alpha value is -1.97. The van der Waals surface area contributed by atoms with Crippen LogP contribution >= 0.6 is 11.3 Å². The van der Waals surface area contributed by atoms with Crippen molar-refractivity contribution in [2.45, 2.75) is 50.9 Å². The van der Waals surface area contributed by atoms with Gasteiger partial charge in [0.15, 0.2) is 9.84 Å². The molecule has 170 valence electrons. The van der Waals surface area contributed by atoms with Crippen LogP contribution in [0.15, 0.2) is 29.0 Å². The Kier molecular flexibility index (Phi) is 7.39. The second kappa shape index (κ2) is 9.67. The summed E-state index contributed by atoms with van der Waals surface area (Å²) in [6, 6.07) is 4.79. The van der Waals surface area contributed by atoms with Crippen molar-refractivity contribution in [2.24, 2.45) is 17.6 Å². The highest BCUT2D eigenvalue weighted by Gasteiger charge is 2.32. The zero-order valence-corrected chi connectivity index (χ0v) is 20.1. The first-order valence-corrected chi connectivity index (χ1v) is 13.5. The molecule has 5 atom stereocenters. The fourth-order valence-electron chi connectivity index (χ4n) is 3.40. The summed E-state index contributed by atoms with van der Waals surface area (Å²) in [6.45, 7) is 6.41. The van der Waals surface area contributed by atoms with Gasteiger partial charge in [0.25, 0.3) is 5.91 Å². The van der Waals surface area contributed by atoms with Crippen molar-refractivity contribution >= 4 is 32.9 Å². The van der Waals surface area contributed by atoms with E-state index in [1.165, 1.54) is 12.7 Å². The molecule has 0 aliphatic heterocycles. The zero-order chi connectivity index (χ0) is 22.8. The summed E-state index contributed by atoms with van der Waals surface area (Å²) in [7, 11) is -3.35. The van der Waals surface area contributed by atoms with Crippen LogP contribution in [0.4, 0.5) is 5.82 Å². The minimum atomic E-state index is -3.35. The molecule has 2 aromatic rings. The molecule has 2 aromatic heterocycles. The first-order valence-electron chi connectivity index (χ1n) is 10.6. The van der Waals surface area contributed by atoms with Crippen LogP contribution in [0.2, 0.25) is 0 Å². The number of anilines is 1. The van der Waals surface area contributed by atoms with Gasteiger partial charge in [-0.15, -0.1) is 0 Å². The first kappa shape index (κ1) is 23.7. The number of carbonyl (C=O) groups is 1. The van der Waals surface area contributed by atoms with Gasteiger partial charge in [-0.25, -0.2) is 13.4 Å². The normalized spacial score (nSPS) is 21.2. The molecule has 4 N–H and O–H groups in total. The summed E-state index contributed by atoms with van der Waals surface area (Å²) in [6.07, 6.45) is 2.98. The van der Waals surface area contributed by atoms with Crippen LogP contribution in [0.1, 0.15) is 54.1 Å². The van der Waals surface area contributed by atoms with E-state index in [1.54, 1.807) is 30.4 Å². The van der Waals surface area contributed by atoms with Gasteiger partial charge in [-0.1, -0.05) is 6.92 Å². The van der Waals surface area contributed by atoms with Crippen molar-refractivity contribution in [3.05, 3.63) is 45.8 Å². The lowest BCUT2D eigenvalue weighted by atomic mass is 10.0. The van der Waals surface area contributed by atoms with Gasteiger partial charge in [-0.3, -0.25) is 4.79 Å². The SMILES string of the molecule is CC1CC1CNc1cc(C(=O)N[C@@H](Cc2ccsc2)[C@H](C)N)cc(C(C)S(C)(=O)=O)n1. The number of nitrogens with zero attached hydrogens (tertiary/aromatic N) is 1. The van der Waals surface area contributed by atoms with Crippen LogP contribution in [0.25, 0.3) is 0 Å². The van der Waals surface area contributed by atoms with Gasteiger partial charge in [0, 0.05) is 30.4 Å². The number of thiophene rings is 1. The number of nitrogens with one attached hydrogen (secondary N) is 2. The summed E-state index contributed by atoms with van der Waals surface area (Å²) in [4.78, 5) is 17.6. The number of aromatic nitrogens is 1. The van der Waals surface area contributed by atoms with E-state index in [1.807, 2.05) is 23.8 Å². The van der Waals surface area contributed by atoms with Crippen molar-refractivity contribution in [3.8, 4) is 0 Å². The molecule has 3 unspecified atom stereocenters. The molecule has 2 heterocycles. The highest BCUT2D eigenvalue weighted by atomic mass is 32.2. The van der Waals surface area contributed by atoms with E-state index in [2.05, 4.69) is 22.5 Å². The zero-order valence-electron chi connectivity index (χ0n) is 18.5. The van der Waals surface area contributed by atoms with Crippen LogP contribution in [0, 0.1) is 11.8 Å². The lowest BCUT2D eigenvalue weighted by molar-refractivity contribution is 0.0931. The number of pyridine rings is 1. The molecule has 1 amide bonds. The molecule has 1 aliphatic carbocycles. The number of rotatable bonds is 10. The molecule has 0 bridgehead atoms. The molecule has 0 radical (unpaired) electrons. The van der Waals surface area contributed by atoms with Crippen molar-refractivity contribution in [1.29, 1.82) is 0 Å². The average Bonchev–Trinajstić information content (AvgIpc) is 3.17. The summed E-state index contributed by atoms with van der Waals surface area (Å²) < 4.78 is 24.2. The van der Waals surface area contributed by atoms with Crippen LogP contribution in [-0.4, -0.2) is 44.2 Å². The van der Waals surface area contributed by atoms with Gasteiger partial charge in [-0.05, 0) is 73.0 Å². The summed E-state index contributed by atoms with van der Waals surface area (Å²) >= 11 is 1.60. The second-order valence-electron chi connectivity index (χ2n) is 8.77. The minimum absolute atomic E-state index is 0.241. The molecule has 0 aromatic carbocycles. The lowest BCUT2D eigenvalue weighted by Gasteiger charge is -2.22. The maximum atomic E-state index is 13.1. The van der Waals surface area contributed by atoms with E-state index in [0.717, 1.165) is 12.1 Å². The number of hydrogen-bond donors (Lipinski definition) is 3. The number of amides is 1. The Morgan fingerprint density at radius 3 is 2.61 bits per heavy atom. The molecule has 0 saturated heterocycles. The Bertz CT molecular complexity index is 1010. The fraction of sp³-hybridized carbons (Fsp3) is 0.545. The quantitative estimate of drug-likeness (QED) is 0.498. The van der Waals surface area contributed by atoms with Crippen LogP contribution in [-0.2, 0) is 16.3 Å². The largest absolute Gasteiger partial charge is 0.370 e. The van der Waals surface area contributed by atoms with Crippen molar-refractivity contribution < 1.29 is 13.2 Å². The maximum Gasteiger partial charge on any atom is 0.251 e.